The highest BCUT2D eigenvalue weighted by Crippen LogP contribution is 2.39. The minimum Gasteiger partial charge on any atom is -0.490 e. The van der Waals surface area contributed by atoms with Crippen LogP contribution in [0.25, 0.3) is 6.08 Å². The number of carbonyl (C=O) groups is 2. The Morgan fingerprint density at radius 2 is 1.86 bits per heavy atom. The molecule has 10 heteroatoms. The van der Waals surface area contributed by atoms with Crippen LogP contribution < -0.4 is 14.8 Å². The van der Waals surface area contributed by atoms with Gasteiger partial charge >= 0.3 is 0 Å². The second-order valence-corrected chi connectivity index (χ2v) is 10.2. The van der Waals surface area contributed by atoms with Crippen molar-refractivity contribution in [1.29, 1.82) is 0 Å². The van der Waals surface area contributed by atoms with Crippen LogP contribution in [-0.4, -0.2) is 23.6 Å². The first-order chi connectivity index (χ1) is 17.3. The van der Waals surface area contributed by atoms with Gasteiger partial charge in [0.2, 0.25) is 0 Å². The fraction of sp³-hybridized carbons (Fsp3) is 0.115. The van der Waals surface area contributed by atoms with Crippen LogP contribution in [0.1, 0.15) is 28.4 Å². The van der Waals surface area contributed by atoms with Crippen LogP contribution >= 0.6 is 50.9 Å². The van der Waals surface area contributed by atoms with Crippen LogP contribution in [0.3, 0.4) is 0 Å². The van der Waals surface area contributed by atoms with Crippen LogP contribution in [0.5, 0.6) is 11.5 Å². The fourth-order valence-electron chi connectivity index (χ4n) is 3.23. The van der Waals surface area contributed by atoms with Gasteiger partial charge < -0.3 is 14.8 Å². The second kappa shape index (κ2) is 12.0. The van der Waals surface area contributed by atoms with Crippen molar-refractivity contribution < 1.29 is 19.1 Å². The summed E-state index contributed by atoms with van der Waals surface area (Å²) in [4.78, 5) is 29.3. The molecule has 0 atom stereocenters. The molecule has 0 radical (unpaired) electrons. The number of benzene rings is 3. The summed E-state index contributed by atoms with van der Waals surface area (Å²) in [6.45, 7) is 2.54. The summed E-state index contributed by atoms with van der Waals surface area (Å²) >= 11 is 16.7. The predicted molar refractivity (Wildman–Crippen MR) is 148 cm³/mol. The molecular formula is C26H19BrCl2N2O4S. The van der Waals surface area contributed by atoms with Gasteiger partial charge in [0.15, 0.2) is 16.7 Å². The molecule has 0 unspecified atom stereocenters. The normalized spacial score (nSPS) is 15.3. The molecule has 6 nitrogen and oxygen atoms in total. The van der Waals surface area contributed by atoms with E-state index >= 15 is 0 Å². The number of nitrogens with zero attached hydrogens (tertiary/aromatic N) is 1. The smallest absolute Gasteiger partial charge is 0.279 e. The Hall–Kier alpha value is -2.78. The largest absolute Gasteiger partial charge is 0.490 e. The molecule has 0 bridgehead atoms. The van der Waals surface area contributed by atoms with Gasteiger partial charge in [0.1, 0.15) is 6.61 Å². The monoisotopic (exact) mass is 604 g/mol. The molecule has 1 aliphatic rings. The molecule has 3 aromatic rings. The molecule has 0 saturated carbocycles. The van der Waals surface area contributed by atoms with E-state index in [1.54, 1.807) is 48.5 Å². The lowest BCUT2D eigenvalue weighted by Gasteiger charge is -2.15. The Morgan fingerprint density at radius 3 is 2.58 bits per heavy atom. The number of thioether (sulfide) groups is 1. The van der Waals surface area contributed by atoms with Crippen LogP contribution in [0.15, 0.2) is 75.0 Å². The maximum atomic E-state index is 12.5. The van der Waals surface area contributed by atoms with Gasteiger partial charge in [-0.05, 0) is 88.2 Å². The lowest BCUT2D eigenvalue weighted by Crippen LogP contribution is -2.20. The van der Waals surface area contributed by atoms with Gasteiger partial charge in [-0.25, -0.2) is 0 Å². The number of halogens is 3. The Morgan fingerprint density at radius 1 is 1.08 bits per heavy atom. The molecule has 1 heterocycles. The summed E-state index contributed by atoms with van der Waals surface area (Å²) in [5.41, 5.74) is 2.00. The van der Waals surface area contributed by atoms with Crippen molar-refractivity contribution in [2.75, 3.05) is 6.61 Å². The first-order valence-electron chi connectivity index (χ1n) is 10.8. The van der Waals surface area contributed by atoms with Crippen molar-refractivity contribution in [2.45, 2.75) is 13.5 Å². The molecule has 1 saturated heterocycles. The quantitative estimate of drug-likeness (QED) is 0.290. The van der Waals surface area contributed by atoms with Gasteiger partial charge in [-0.1, -0.05) is 47.5 Å². The minimum atomic E-state index is -0.426. The van der Waals surface area contributed by atoms with Gasteiger partial charge in [-0.3, -0.25) is 9.59 Å². The molecule has 0 aliphatic carbocycles. The lowest BCUT2D eigenvalue weighted by molar-refractivity contribution is -0.115. The Kier molecular flexibility index (Phi) is 8.74. The van der Waals surface area contributed by atoms with Gasteiger partial charge in [0.05, 0.1) is 26.0 Å². The molecule has 1 aliphatic heterocycles. The van der Waals surface area contributed by atoms with Crippen molar-refractivity contribution in [1.82, 2.24) is 5.32 Å². The third-order valence-corrected chi connectivity index (χ3v) is 7.11. The van der Waals surface area contributed by atoms with E-state index in [9.17, 15) is 9.59 Å². The summed E-state index contributed by atoms with van der Waals surface area (Å²) in [7, 11) is 0. The molecule has 0 spiro atoms. The number of hydrogen-bond acceptors (Lipinski definition) is 5. The number of carbonyl (C=O) groups excluding carboxylic acids is 2. The first kappa shape index (κ1) is 26.3. The topological polar surface area (TPSA) is 77.0 Å². The van der Waals surface area contributed by atoms with E-state index < -0.39 is 5.91 Å². The zero-order valence-electron chi connectivity index (χ0n) is 18.9. The Bertz CT molecular complexity index is 1380. The van der Waals surface area contributed by atoms with Crippen molar-refractivity contribution in [3.63, 3.8) is 0 Å². The summed E-state index contributed by atoms with van der Waals surface area (Å²) in [5.74, 6) is 0.262. The van der Waals surface area contributed by atoms with E-state index in [4.69, 9.17) is 32.7 Å². The highest BCUT2D eigenvalue weighted by atomic mass is 79.9. The Labute approximate surface area is 230 Å². The zero-order chi connectivity index (χ0) is 25.7. The summed E-state index contributed by atoms with van der Waals surface area (Å²) in [6, 6.07) is 17.6. The lowest BCUT2D eigenvalue weighted by atomic mass is 10.1. The number of nitrogens with one attached hydrogen (secondary N) is 1. The SMILES string of the molecule is CCOc1cc(/C=C2\SC(=NC(=O)c3ccccc3)NC2=O)cc(Br)c1OCc1ccc(Cl)c(Cl)c1. The van der Waals surface area contributed by atoms with Crippen molar-refractivity contribution >= 4 is 74.0 Å². The maximum Gasteiger partial charge on any atom is 0.279 e. The number of aliphatic imine (C=N–C) groups is 1. The molecule has 1 N–H and O–H groups in total. The van der Waals surface area contributed by atoms with Crippen molar-refractivity contribution in [2.24, 2.45) is 4.99 Å². The van der Waals surface area contributed by atoms with Gasteiger partial charge in [-0.15, -0.1) is 0 Å². The number of amides is 2. The molecule has 4 rings (SSSR count). The standard InChI is InChI=1S/C26H19BrCl2N2O4S/c1-2-34-21-12-16(10-18(27)23(21)35-14-15-8-9-19(28)20(29)11-15)13-22-25(33)31-26(36-22)30-24(32)17-6-4-3-5-7-17/h3-13H,2,14H2,1H3,(H,30,31,32,33)/b22-13-. The van der Waals surface area contributed by atoms with Crippen molar-refractivity contribution in [3.8, 4) is 11.5 Å². The average molecular weight is 606 g/mol. The van der Waals surface area contributed by atoms with Crippen LogP contribution in [0.2, 0.25) is 10.0 Å². The molecule has 184 valence electrons. The highest BCUT2D eigenvalue weighted by molar-refractivity contribution is 9.10. The minimum absolute atomic E-state index is 0.228. The third kappa shape index (κ3) is 6.50. The van der Waals surface area contributed by atoms with E-state index in [-0.39, 0.29) is 17.7 Å². The molecule has 3 aromatic carbocycles. The molecule has 1 fully saturated rings. The van der Waals surface area contributed by atoms with E-state index in [0.717, 1.165) is 17.3 Å². The second-order valence-electron chi connectivity index (χ2n) is 7.45. The van der Waals surface area contributed by atoms with E-state index in [1.807, 2.05) is 25.1 Å². The van der Waals surface area contributed by atoms with Crippen LogP contribution in [0.4, 0.5) is 0 Å². The maximum absolute atomic E-state index is 12.5. The predicted octanol–water partition coefficient (Wildman–Crippen LogP) is 7.13. The van der Waals surface area contributed by atoms with Crippen LogP contribution in [-0.2, 0) is 11.4 Å². The molecule has 2 amide bonds. The van der Waals surface area contributed by atoms with Crippen molar-refractivity contribution in [3.05, 3.63) is 96.8 Å². The average Bonchev–Trinajstić information content (AvgIpc) is 3.19. The van der Waals surface area contributed by atoms with Gasteiger partial charge in [0.25, 0.3) is 11.8 Å². The van der Waals surface area contributed by atoms with Gasteiger partial charge in [0, 0.05) is 5.56 Å². The van der Waals surface area contributed by atoms with Crippen LogP contribution in [0, 0.1) is 0 Å². The first-order valence-corrected chi connectivity index (χ1v) is 13.1. The number of ether oxygens (including phenoxy) is 2. The summed E-state index contributed by atoms with van der Waals surface area (Å²) < 4.78 is 12.5. The summed E-state index contributed by atoms with van der Waals surface area (Å²) in [6.07, 6.45) is 1.70. The number of amidine groups is 1. The third-order valence-electron chi connectivity index (χ3n) is 4.87. The number of hydrogen-bond donors (Lipinski definition) is 1. The zero-order valence-corrected chi connectivity index (χ0v) is 22.8. The fourth-order valence-corrected chi connectivity index (χ4v) is 4.94. The van der Waals surface area contributed by atoms with E-state index in [2.05, 4.69) is 26.2 Å². The van der Waals surface area contributed by atoms with Gasteiger partial charge in [-0.2, -0.15) is 4.99 Å². The number of rotatable bonds is 7. The molecule has 0 aromatic heterocycles. The molecule has 36 heavy (non-hydrogen) atoms. The Balaban J connectivity index is 1.54. The highest BCUT2D eigenvalue weighted by Gasteiger charge is 2.25. The molecular weight excluding hydrogens is 587 g/mol. The summed E-state index contributed by atoms with van der Waals surface area (Å²) in [5, 5.41) is 3.78. The van der Waals surface area contributed by atoms with E-state index in [1.165, 1.54) is 0 Å². The van der Waals surface area contributed by atoms with E-state index in [0.29, 0.717) is 48.7 Å².